The fraction of sp³-hybridized carbons (Fsp3) is 0.800. The van der Waals surface area contributed by atoms with Gasteiger partial charge in [-0.05, 0) is 6.42 Å². The Balaban J connectivity index is 3.46. The first-order chi connectivity index (χ1) is 4.22. The standard InChI is InChI=1S/C5H13N3O/c1-3-4(6)5(9)8-7-2/h4,7H,3,6H2,1-2H3,(H,8,9). The summed E-state index contributed by atoms with van der Waals surface area (Å²) in [4.78, 5) is 10.7. The number of nitrogens with one attached hydrogen (secondary N) is 2. The first-order valence-electron chi connectivity index (χ1n) is 2.94. The van der Waals surface area contributed by atoms with Gasteiger partial charge in [-0.3, -0.25) is 10.2 Å². The third-order valence-electron chi connectivity index (χ3n) is 1.02. The highest BCUT2D eigenvalue weighted by atomic mass is 16.2. The minimum absolute atomic E-state index is 0.167. The second kappa shape index (κ2) is 4.29. The normalized spacial score (nSPS) is 12.8. The van der Waals surface area contributed by atoms with Crippen LogP contribution in [0.4, 0.5) is 0 Å². The Labute approximate surface area is 54.8 Å². The van der Waals surface area contributed by atoms with E-state index in [1.54, 1.807) is 7.05 Å². The average molecular weight is 131 g/mol. The lowest BCUT2D eigenvalue weighted by atomic mass is 10.2. The van der Waals surface area contributed by atoms with E-state index in [2.05, 4.69) is 10.9 Å². The van der Waals surface area contributed by atoms with Crippen LogP contribution in [-0.2, 0) is 4.79 Å². The Morgan fingerprint density at radius 3 is 2.67 bits per heavy atom. The van der Waals surface area contributed by atoms with Gasteiger partial charge in [0.1, 0.15) is 0 Å². The summed E-state index contributed by atoms with van der Waals surface area (Å²) in [6.45, 7) is 1.86. The van der Waals surface area contributed by atoms with Crippen molar-refractivity contribution in [1.82, 2.24) is 10.9 Å². The Kier molecular flexibility index (Phi) is 4.00. The SMILES string of the molecule is CCC(N)C(=O)NNC. The molecule has 4 N–H and O–H groups in total. The van der Waals surface area contributed by atoms with Gasteiger partial charge in [-0.2, -0.15) is 0 Å². The van der Waals surface area contributed by atoms with Crippen molar-refractivity contribution in [2.75, 3.05) is 7.05 Å². The number of hydrogen-bond acceptors (Lipinski definition) is 3. The van der Waals surface area contributed by atoms with E-state index in [4.69, 9.17) is 5.73 Å². The van der Waals surface area contributed by atoms with Gasteiger partial charge in [0, 0.05) is 7.05 Å². The van der Waals surface area contributed by atoms with Crippen LogP contribution in [0.15, 0.2) is 0 Å². The van der Waals surface area contributed by atoms with Gasteiger partial charge < -0.3 is 5.73 Å². The second-order valence-corrected chi connectivity index (χ2v) is 1.75. The van der Waals surface area contributed by atoms with Crippen LogP contribution in [0, 0.1) is 0 Å². The molecule has 0 saturated heterocycles. The molecule has 0 aromatic heterocycles. The molecule has 0 aromatic carbocycles. The number of hydrogen-bond donors (Lipinski definition) is 3. The molecule has 0 radical (unpaired) electrons. The van der Waals surface area contributed by atoms with Crippen LogP contribution in [0.25, 0.3) is 0 Å². The lowest BCUT2D eigenvalue weighted by Gasteiger charge is -2.07. The molecule has 0 saturated carbocycles. The molecule has 0 aliphatic heterocycles. The number of hydrazine groups is 1. The smallest absolute Gasteiger partial charge is 0.250 e. The fourth-order valence-corrected chi connectivity index (χ4v) is 0.401. The lowest BCUT2D eigenvalue weighted by Crippen LogP contribution is -2.45. The molecule has 1 amide bonds. The van der Waals surface area contributed by atoms with Gasteiger partial charge >= 0.3 is 0 Å². The molecule has 54 valence electrons. The number of rotatable bonds is 3. The first-order valence-corrected chi connectivity index (χ1v) is 2.94. The summed E-state index contributed by atoms with van der Waals surface area (Å²) >= 11 is 0. The van der Waals surface area contributed by atoms with E-state index in [1.165, 1.54) is 0 Å². The van der Waals surface area contributed by atoms with Crippen molar-refractivity contribution in [2.45, 2.75) is 19.4 Å². The average Bonchev–Trinajstić information content (AvgIpc) is 1.87. The largest absolute Gasteiger partial charge is 0.320 e. The van der Waals surface area contributed by atoms with E-state index in [0.717, 1.165) is 0 Å². The molecule has 0 rings (SSSR count). The Bertz CT molecular complexity index is 94.2. The molecule has 4 nitrogen and oxygen atoms in total. The second-order valence-electron chi connectivity index (χ2n) is 1.75. The number of nitrogens with two attached hydrogens (primary N) is 1. The minimum atomic E-state index is -0.391. The lowest BCUT2D eigenvalue weighted by molar-refractivity contribution is -0.123. The molecule has 1 unspecified atom stereocenters. The maximum Gasteiger partial charge on any atom is 0.250 e. The third-order valence-corrected chi connectivity index (χ3v) is 1.02. The predicted octanol–water partition coefficient (Wildman–Crippen LogP) is -1.03. The summed E-state index contributed by atoms with van der Waals surface area (Å²) in [6, 6.07) is -0.391. The van der Waals surface area contributed by atoms with Crippen LogP contribution in [0.2, 0.25) is 0 Å². The molecule has 9 heavy (non-hydrogen) atoms. The Morgan fingerprint density at radius 1 is 1.78 bits per heavy atom. The molecule has 4 heteroatoms. The van der Waals surface area contributed by atoms with E-state index in [9.17, 15) is 4.79 Å². The monoisotopic (exact) mass is 131 g/mol. The quantitative estimate of drug-likeness (QED) is 0.429. The van der Waals surface area contributed by atoms with Crippen molar-refractivity contribution in [3.63, 3.8) is 0 Å². The number of carbonyl (C=O) groups excluding carboxylic acids is 1. The van der Waals surface area contributed by atoms with Crippen molar-refractivity contribution >= 4 is 5.91 Å². The first kappa shape index (κ1) is 8.39. The molecular weight excluding hydrogens is 118 g/mol. The summed E-state index contributed by atoms with van der Waals surface area (Å²) in [5, 5.41) is 0. The van der Waals surface area contributed by atoms with Crippen LogP contribution < -0.4 is 16.6 Å². The highest BCUT2D eigenvalue weighted by Crippen LogP contribution is 1.82. The van der Waals surface area contributed by atoms with E-state index in [0.29, 0.717) is 6.42 Å². The highest BCUT2D eigenvalue weighted by molar-refractivity contribution is 5.80. The summed E-state index contributed by atoms with van der Waals surface area (Å²) < 4.78 is 0. The van der Waals surface area contributed by atoms with Crippen molar-refractivity contribution in [1.29, 1.82) is 0 Å². The van der Waals surface area contributed by atoms with E-state index in [1.807, 2.05) is 6.92 Å². The van der Waals surface area contributed by atoms with Gasteiger partial charge in [0.2, 0.25) is 0 Å². The van der Waals surface area contributed by atoms with Crippen molar-refractivity contribution in [3.8, 4) is 0 Å². The Hall–Kier alpha value is -0.610. The minimum Gasteiger partial charge on any atom is -0.320 e. The van der Waals surface area contributed by atoms with Crippen LogP contribution in [0.5, 0.6) is 0 Å². The molecule has 0 bridgehead atoms. The number of amides is 1. The zero-order valence-corrected chi connectivity index (χ0v) is 5.77. The van der Waals surface area contributed by atoms with Gasteiger partial charge in [0.05, 0.1) is 6.04 Å². The fourth-order valence-electron chi connectivity index (χ4n) is 0.401. The van der Waals surface area contributed by atoms with Gasteiger partial charge in [-0.15, -0.1) is 0 Å². The zero-order chi connectivity index (χ0) is 7.28. The molecule has 0 fully saturated rings. The van der Waals surface area contributed by atoms with Gasteiger partial charge in [-0.25, -0.2) is 5.43 Å². The van der Waals surface area contributed by atoms with Gasteiger partial charge in [-0.1, -0.05) is 6.92 Å². The van der Waals surface area contributed by atoms with E-state index in [-0.39, 0.29) is 5.91 Å². The topological polar surface area (TPSA) is 67.2 Å². The van der Waals surface area contributed by atoms with Gasteiger partial charge in [0.25, 0.3) is 5.91 Å². The molecule has 0 heterocycles. The maximum atomic E-state index is 10.7. The predicted molar refractivity (Wildman–Crippen MR) is 35.5 cm³/mol. The zero-order valence-electron chi connectivity index (χ0n) is 5.77. The maximum absolute atomic E-state index is 10.7. The highest BCUT2D eigenvalue weighted by Gasteiger charge is 2.07. The molecular formula is C5H13N3O. The molecule has 1 atom stereocenters. The van der Waals surface area contributed by atoms with Crippen molar-refractivity contribution < 1.29 is 4.79 Å². The van der Waals surface area contributed by atoms with Crippen LogP contribution in [0.1, 0.15) is 13.3 Å². The van der Waals surface area contributed by atoms with Crippen LogP contribution in [0.3, 0.4) is 0 Å². The van der Waals surface area contributed by atoms with Gasteiger partial charge in [0.15, 0.2) is 0 Å². The van der Waals surface area contributed by atoms with Crippen molar-refractivity contribution in [2.24, 2.45) is 5.73 Å². The Morgan fingerprint density at radius 2 is 2.33 bits per heavy atom. The molecule has 0 spiro atoms. The van der Waals surface area contributed by atoms with Crippen LogP contribution >= 0.6 is 0 Å². The van der Waals surface area contributed by atoms with E-state index < -0.39 is 6.04 Å². The van der Waals surface area contributed by atoms with E-state index >= 15 is 0 Å². The van der Waals surface area contributed by atoms with Crippen molar-refractivity contribution in [3.05, 3.63) is 0 Å². The molecule has 0 aliphatic rings. The summed E-state index contributed by atoms with van der Waals surface area (Å²) in [6.07, 6.45) is 0.660. The third kappa shape index (κ3) is 3.05. The summed E-state index contributed by atoms with van der Waals surface area (Å²) in [5.74, 6) is -0.167. The summed E-state index contributed by atoms with van der Waals surface area (Å²) in [5.41, 5.74) is 10.2. The number of carbonyl (C=O) groups is 1. The molecule has 0 aliphatic carbocycles. The van der Waals surface area contributed by atoms with Crippen LogP contribution in [-0.4, -0.2) is 19.0 Å². The summed E-state index contributed by atoms with van der Waals surface area (Å²) in [7, 11) is 1.63. The molecule has 0 aromatic rings.